The van der Waals surface area contributed by atoms with Crippen molar-refractivity contribution in [3.63, 3.8) is 0 Å². The molecule has 2 N–H and O–H groups in total. The van der Waals surface area contributed by atoms with Gasteiger partial charge in [0.05, 0.1) is 5.41 Å². The Morgan fingerprint density at radius 2 is 1.62 bits per heavy atom. The molecule has 0 aliphatic heterocycles. The minimum absolute atomic E-state index is 0.00457. The summed E-state index contributed by atoms with van der Waals surface area (Å²) in [6.07, 6.45) is 0. The van der Waals surface area contributed by atoms with E-state index in [4.69, 9.17) is 0 Å². The second-order valence-corrected chi connectivity index (χ2v) is 5.67. The van der Waals surface area contributed by atoms with Gasteiger partial charge in [-0.15, -0.1) is 0 Å². The van der Waals surface area contributed by atoms with Gasteiger partial charge >= 0.3 is 0 Å². The van der Waals surface area contributed by atoms with E-state index in [9.17, 15) is 4.79 Å². The molecular formula is C18H22N2O. The lowest BCUT2D eigenvalue weighted by Crippen LogP contribution is -2.34. The Bertz CT molecular complexity index is 588. The van der Waals surface area contributed by atoms with Crippen molar-refractivity contribution in [1.82, 2.24) is 5.32 Å². The first-order valence-electron chi connectivity index (χ1n) is 7.14. The van der Waals surface area contributed by atoms with Crippen molar-refractivity contribution < 1.29 is 4.79 Å². The summed E-state index contributed by atoms with van der Waals surface area (Å²) in [5.74, 6) is -0.00457. The van der Waals surface area contributed by atoms with Crippen LogP contribution in [-0.4, -0.2) is 13.0 Å². The van der Waals surface area contributed by atoms with Crippen molar-refractivity contribution in [2.45, 2.75) is 25.8 Å². The maximum atomic E-state index is 12.5. The minimum Gasteiger partial charge on any atom is -0.325 e. The number of hydrogen-bond acceptors (Lipinski definition) is 2. The highest BCUT2D eigenvalue weighted by Crippen LogP contribution is 2.25. The normalized spacial score (nSPS) is 11.2. The van der Waals surface area contributed by atoms with Gasteiger partial charge in [-0.1, -0.05) is 42.5 Å². The summed E-state index contributed by atoms with van der Waals surface area (Å²) >= 11 is 0. The standard InChI is InChI=1S/C18H22N2O/c1-18(2,15-7-5-4-6-8-15)17(21)20-16-11-9-14(10-12-16)13-19-3/h4-12,19H,13H2,1-3H3,(H,20,21). The van der Waals surface area contributed by atoms with Crippen LogP contribution in [0, 0.1) is 0 Å². The first-order valence-corrected chi connectivity index (χ1v) is 7.14. The van der Waals surface area contributed by atoms with Gasteiger partial charge in [-0.3, -0.25) is 4.79 Å². The fraction of sp³-hybridized carbons (Fsp3) is 0.278. The zero-order valence-corrected chi connectivity index (χ0v) is 12.8. The van der Waals surface area contributed by atoms with Crippen molar-refractivity contribution in [3.8, 4) is 0 Å². The Morgan fingerprint density at radius 3 is 2.19 bits per heavy atom. The maximum Gasteiger partial charge on any atom is 0.234 e. The van der Waals surface area contributed by atoms with Crippen LogP contribution >= 0.6 is 0 Å². The number of hydrogen-bond donors (Lipinski definition) is 2. The molecule has 0 fully saturated rings. The highest BCUT2D eigenvalue weighted by atomic mass is 16.2. The SMILES string of the molecule is CNCc1ccc(NC(=O)C(C)(C)c2ccccc2)cc1. The number of nitrogens with one attached hydrogen (secondary N) is 2. The summed E-state index contributed by atoms with van der Waals surface area (Å²) < 4.78 is 0. The summed E-state index contributed by atoms with van der Waals surface area (Å²) in [6.45, 7) is 4.70. The highest BCUT2D eigenvalue weighted by molar-refractivity contribution is 5.98. The van der Waals surface area contributed by atoms with Crippen molar-refractivity contribution in [1.29, 1.82) is 0 Å². The van der Waals surface area contributed by atoms with Crippen LogP contribution in [0.2, 0.25) is 0 Å². The Kier molecular flexibility index (Phi) is 4.76. The monoisotopic (exact) mass is 282 g/mol. The van der Waals surface area contributed by atoms with Gasteiger partial charge in [-0.25, -0.2) is 0 Å². The number of benzene rings is 2. The molecule has 0 radical (unpaired) electrons. The van der Waals surface area contributed by atoms with Crippen molar-refractivity contribution >= 4 is 11.6 Å². The molecule has 0 aromatic heterocycles. The Balaban J connectivity index is 2.10. The van der Waals surface area contributed by atoms with Gasteiger partial charge in [0.25, 0.3) is 0 Å². The molecule has 21 heavy (non-hydrogen) atoms. The number of amides is 1. The van der Waals surface area contributed by atoms with E-state index in [1.165, 1.54) is 5.56 Å². The summed E-state index contributed by atoms with van der Waals surface area (Å²) in [7, 11) is 1.91. The molecule has 0 spiro atoms. The van der Waals surface area contributed by atoms with E-state index < -0.39 is 5.41 Å². The first kappa shape index (κ1) is 15.3. The van der Waals surface area contributed by atoms with Crippen LogP contribution in [0.15, 0.2) is 54.6 Å². The Labute approximate surface area is 126 Å². The smallest absolute Gasteiger partial charge is 0.234 e. The molecule has 2 aromatic carbocycles. The molecule has 0 atom stereocenters. The average molecular weight is 282 g/mol. The van der Waals surface area contributed by atoms with Crippen molar-refractivity contribution in [3.05, 3.63) is 65.7 Å². The molecule has 1 amide bonds. The molecule has 0 bridgehead atoms. The van der Waals surface area contributed by atoms with Crippen LogP contribution < -0.4 is 10.6 Å². The second-order valence-electron chi connectivity index (χ2n) is 5.67. The molecular weight excluding hydrogens is 260 g/mol. The number of carbonyl (C=O) groups excluding carboxylic acids is 1. The van der Waals surface area contributed by atoms with Crippen LogP contribution in [0.5, 0.6) is 0 Å². The summed E-state index contributed by atoms with van der Waals surface area (Å²) in [5, 5.41) is 6.09. The summed E-state index contributed by atoms with van der Waals surface area (Å²) in [6, 6.07) is 17.7. The lowest BCUT2D eigenvalue weighted by Gasteiger charge is -2.24. The molecule has 0 heterocycles. The highest BCUT2D eigenvalue weighted by Gasteiger charge is 2.29. The van der Waals surface area contributed by atoms with Crippen LogP contribution in [0.4, 0.5) is 5.69 Å². The second kappa shape index (κ2) is 6.55. The number of rotatable bonds is 5. The molecule has 0 saturated carbocycles. The van der Waals surface area contributed by atoms with E-state index in [2.05, 4.69) is 10.6 Å². The average Bonchev–Trinajstić information content (AvgIpc) is 2.50. The van der Waals surface area contributed by atoms with Crippen LogP contribution in [-0.2, 0) is 16.8 Å². The van der Waals surface area contributed by atoms with Gasteiger partial charge in [0, 0.05) is 12.2 Å². The van der Waals surface area contributed by atoms with Crippen molar-refractivity contribution in [2.24, 2.45) is 0 Å². The third-order valence-electron chi connectivity index (χ3n) is 3.66. The fourth-order valence-corrected chi connectivity index (χ4v) is 2.18. The molecule has 0 aliphatic rings. The quantitative estimate of drug-likeness (QED) is 0.883. The van der Waals surface area contributed by atoms with Crippen molar-refractivity contribution in [2.75, 3.05) is 12.4 Å². The molecule has 0 aliphatic carbocycles. The van der Waals surface area contributed by atoms with E-state index >= 15 is 0 Å². The van der Waals surface area contributed by atoms with E-state index in [-0.39, 0.29) is 5.91 Å². The summed E-state index contributed by atoms with van der Waals surface area (Å²) in [5.41, 5.74) is 2.46. The molecule has 2 aromatic rings. The molecule has 3 heteroatoms. The van der Waals surface area contributed by atoms with Crippen LogP contribution in [0.25, 0.3) is 0 Å². The van der Waals surface area contributed by atoms with Gasteiger partial charge in [0.15, 0.2) is 0 Å². The Hall–Kier alpha value is -2.13. The fourth-order valence-electron chi connectivity index (χ4n) is 2.18. The van der Waals surface area contributed by atoms with Gasteiger partial charge in [-0.2, -0.15) is 0 Å². The minimum atomic E-state index is -0.565. The Morgan fingerprint density at radius 1 is 1.00 bits per heavy atom. The molecule has 0 unspecified atom stereocenters. The predicted octanol–water partition coefficient (Wildman–Crippen LogP) is 3.32. The number of anilines is 1. The summed E-state index contributed by atoms with van der Waals surface area (Å²) in [4.78, 5) is 12.5. The third-order valence-corrected chi connectivity index (χ3v) is 3.66. The van der Waals surface area contributed by atoms with Crippen LogP contribution in [0.3, 0.4) is 0 Å². The maximum absolute atomic E-state index is 12.5. The van der Waals surface area contributed by atoms with Gasteiger partial charge in [0.2, 0.25) is 5.91 Å². The van der Waals surface area contributed by atoms with E-state index in [1.54, 1.807) is 0 Å². The zero-order valence-electron chi connectivity index (χ0n) is 12.8. The molecule has 3 nitrogen and oxygen atoms in total. The lowest BCUT2D eigenvalue weighted by atomic mass is 9.83. The zero-order chi connectivity index (χ0) is 15.3. The number of carbonyl (C=O) groups is 1. The molecule has 0 saturated heterocycles. The van der Waals surface area contributed by atoms with E-state index in [1.807, 2.05) is 75.5 Å². The van der Waals surface area contributed by atoms with E-state index in [0.717, 1.165) is 17.8 Å². The van der Waals surface area contributed by atoms with Gasteiger partial charge in [-0.05, 0) is 44.2 Å². The first-order chi connectivity index (χ1) is 10.0. The van der Waals surface area contributed by atoms with E-state index in [0.29, 0.717) is 0 Å². The molecule has 110 valence electrons. The topological polar surface area (TPSA) is 41.1 Å². The van der Waals surface area contributed by atoms with Gasteiger partial charge < -0.3 is 10.6 Å². The third kappa shape index (κ3) is 3.70. The van der Waals surface area contributed by atoms with Gasteiger partial charge in [0.1, 0.15) is 0 Å². The van der Waals surface area contributed by atoms with Crippen LogP contribution in [0.1, 0.15) is 25.0 Å². The molecule has 2 rings (SSSR count). The largest absolute Gasteiger partial charge is 0.325 e. The lowest BCUT2D eigenvalue weighted by molar-refractivity contribution is -0.120. The predicted molar refractivity (Wildman–Crippen MR) is 87.3 cm³/mol.